The fourth-order valence-electron chi connectivity index (χ4n) is 1.83. The number of anilines is 2. The maximum atomic E-state index is 13.4. The van der Waals surface area contributed by atoms with E-state index in [0.29, 0.717) is 22.5 Å². The van der Waals surface area contributed by atoms with Crippen molar-refractivity contribution in [1.82, 2.24) is 0 Å². The van der Waals surface area contributed by atoms with Gasteiger partial charge in [0.05, 0.1) is 0 Å². The molecule has 124 valence electrons. The van der Waals surface area contributed by atoms with E-state index >= 15 is 0 Å². The van der Waals surface area contributed by atoms with Gasteiger partial charge in [0.2, 0.25) is 11.4 Å². The Morgan fingerprint density at radius 2 is 0.913 bits per heavy atom. The van der Waals surface area contributed by atoms with Crippen LogP contribution in [0.15, 0.2) is 48.5 Å². The molecule has 0 amide bonds. The first-order valence-corrected chi connectivity index (χ1v) is 12.0. The van der Waals surface area contributed by atoms with Crippen molar-refractivity contribution in [3.05, 3.63) is 59.7 Å². The number of alkyl halides is 4. The number of nitrogen functional groups attached to an aromatic ring is 2. The third-order valence-corrected chi connectivity index (χ3v) is 14.4. The van der Waals surface area contributed by atoms with Crippen molar-refractivity contribution in [2.45, 2.75) is 1.52 Å². The molecule has 0 spiro atoms. The summed E-state index contributed by atoms with van der Waals surface area (Å²) < 4.78 is 24.5. The summed E-state index contributed by atoms with van der Waals surface area (Å²) in [5.74, 6) is 0. The van der Waals surface area contributed by atoms with Crippen LogP contribution >= 0.6 is 90.4 Å². The molecule has 0 saturated carbocycles. The highest BCUT2D eigenvalue weighted by Crippen LogP contribution is 2.57. The van der Waals surface area contributed by atoms with Gasteiger partial charge >= 0.3 is 0 Å². The number of rotatable bonds is 4. The molecule has 0 saturated heterocycles. The van der Waals surface area contributed by atoms with Crippen molar-refractivity contribution in [3.63, 3.8) is 0 Å². The Morgan fingerprint density at radius 3 is 1.17 bits per heavy atom. The van der Waals surface area contributed by atoms with E-state index in [9.17, 15) is 8.42 Å². The molecule has 0 unspecified atom stereocenters. The summed E-state index contributed by atoms with van der Waals surface area (Å²) in [5, 5.41) is 0. The first-order chi connectivity index (χ1) is 10.5. The van der Waals surface area contributed by atoms with Crippen LogP contribution in [0.1, 0.15) is 11.1 Å². The second-order valence-electron chi connectivity index (χ2n) is 4.78. The van der Waals surface area contributed by atoms with E-state index in [-0.39, 0.29) is 0 Å². The molecular formula is C14H12I4N2O2S. The molecule has 4 nitrogen and oxygen atoms in total. The maximum absolute atomic E-state index is 13.4. The smallest absolute Gasteiger partial charge is 0.207 e. The minimum Gasteiger partial charge on any atom is -0.399 e. The molecule has 0 bridgehead atoms. The minimum absolute atomic E-state index is 0.600. The van der Waals surface area contributed by atoms with Gasteiger partial charge < -0.3 is 11.5 Å². The quantitative estimate of drug-likeness (QED) is 0.262. The van der Waals surface area contributed by atoms with E-state index in [4.69, 9.17) is 11.5 Å². The molecule has 2 aromatic rings. The predicted octanol–water partition coefficient (Wildman–Crippen LogP) is 4.93. The number of sulfone groups is 1. The Kier molecular flexibility index (Phi) is 6.39. The van der Waals surface area contributed by atoms with Gasteiger partial charge in [0.25, 0.3) is 0 Å². The van der Waals surface area contributed by atoms with E-state index in [0.717, 1.165) is 0 Å². The summed E-state index contributed by atoms with van der Waals surface area (Å²) in [4.78, 5) is 0. The standard InChI is InChI=1S/C14H12I4N2O2S/c15-13(16,9-1-5-11(19)6-2-9)23(21,22)14(17,18)10-3-7-12(20)8-4-10/h1-8H,19-20H2. The van der Waals surface area contributed by atoms with Gasteiger partial charge in [-0.1, -0.05) is 24.3 Å². The highest BCUT2D eigenvalue weighted by atomic mass is 127. The second kappa shape index (κ2) is 7.26. The number of halogens is 4. The van der Waals surface area contributed by atoms with Crippen LogP contribution in [-0.4, -0.2) is 8.42 Å². The Balaban J connectivity index is 2.54. The number of hydrogen-bond donors (Lipinski definition) is 2. The van der Waals surface area contributed by atoms with E-state index in [1.807, 2.05) is 90.4 Å². The minimum atomic E-state index is -3.60. The molecule has 0 aliphatic carbocycles. The number of hydrogen-bond acceptors (Lipinski definition) is 4. The average Bonchev–Trinajstić information content (AvgIpc) is 2.47. The van der Waals surface area contributed by atoms with Gasteiger partial charge in [-0.05, 0) is 126 Å². The summed E-state index contributed by atoms with van der Waals surface area (Å²) in [6, 6.07) is 13.8. The lowest BCUT2D eigenvalue weighted by atomic mass is 10.2. The van der Waals surface area contributed by atoms with Gasteiger partial charge in [0, 0.05) is 11.4 Å². The van der Waals surface area contributed by atoms with Crippen LogP contribution in [0.2, 0.25) is 0 Å². The normalized spacial score (nSPS) is 13.0. The molecule has 0 aliphatic heterocycles. The highest BCUT2D eigenvalue weighted by molar-refractivity contribution is 14.2. The molecule has 4 N–H and O–H groups in total. The van der Waals surface area contributed by atoms with Crippen molar-refractivity contribution < 1.29 is 8.42 Å². The van der Waals surface area contributed by atoms with E-state index < -0.39 is 11.4 Å². The fraction of sp³-hybridized carbons (Fsp3) is 0.143. The molecule has 0 atom stereocenters. The Labute approximate surface area is 190 Å². The monoisotopic (exact) mass is 780 g/mol. The lowest BCUT2D eigenvalue weighted by Gasteiger charge is -2.30. The Morgan fingerprint density at radius 1 is 0.652 bits per heavy atom. The van der Waals surface area contributed by atoms with Crippen molar-refractivity contribution in [2.75, 3.05) is 11.5 Å². The van der Waals surface area contributed by atoms with Gasteiger partial charge in [-0.2, -0.15) is 0 Å². The average molecular weight is 780 g/mol. The summed E-state index contributed by atoms with van der Waals surface area (Å²) in [6.45, 7) is 0. The fourth-order valence-corrected chi connectivity index (χ4v) is 13.5. The van der Waals surface area contributed by atoms with Gasteiger partial charge in [0.1, 0.15) is 0 Å². The van der Waals surface area contributed by atoms with Crippen LogP contribution < -0.4 is 11.5 Å². The van der Waals surface area contributed by atoms with E-state index in [1.165, 1.54) is 0 Å². The molecule has 9 heteroatoms. The summed E-state index contributed by atoms with van der Waals surface area (Å²) in [7, 11) is -3.60. The highest BCUT2D eigenvalue weighted by Gasteiger charge is 2.53. The molecule has 2 aromatic carbocycles. The van der Waals surface area contributed by atoms with Crippen LogP contribution in [0.3, 0.4) is 0 Å². The van der Waals surface area contributed by atoms with Crippen LogP contribution in [0.4, 0.5) is 11.4 Å². The Hall–Kier alpha value is 0.910. The molecule has 0 fully saturated rings. The van der Waals surface area contributed by atoms with Crippen molar-refractivity contribution in [1.29, 1.82) is 0 Å². The molecule has 2 rings (SSSR count). The van der Waals surface area contributed by atoms with Gasteiger partial charge in [0.15, 0.2) is 0 Å². The van der Waals surface area contributed by atoms with Gasteiger partial charge in [-0.15, -0.1) is 0 Å². The van der Waals surface area contributed by atoms with Crippen molar-refractivity contribution in [3.8, 4) is 0 Å². The molecular weight excluding hydrogens is 768 g/mol. The first-order valence-electron chi connectivity index (χ1n) is 6.22. The second-order valence-corrected chi connectivity index (χ2v) is 20.5. The van der Waals surface area contributed by atoms with Crippen LogP contribution in [-0.2, 0) is 11.4 Å². The first kappa shape index (κ1) is 20.2. The van der Waals surface area contributed by atoms with E-state index in [1.54, 1.807) is 48.5 Å². The molecule has 0 aliphatic rings. The summed E-state index contributed by atoms with van der Waals surface area (Å²) in [5.41, 5.74) is 14.0. The molecule has 23 heavy (non-hydrogen) atoms. The molecule has 0 heterocycles. The Bertz CT molecular complexity index is 740. The zero-order chi connectivity index (χ0) is 17.5. The van der Waals surface area contributed by atoms with Crippen molar-refractivity contribution in [2.24, 2.45) is 0 Å². The largest absolute Gasteiger partial charge is 0.399 e. The topological polar surface area (TPSA) is 86.2 Å². The third kappa shape index (κ3) is 3.86. The van der Waals surface area contributed by atoms with Crippen LogP contribution in [0, 0.1) is 0 Å². The zero-order valence-electron chi connectivity index (χ0n) is 11.5. The molecule has 0 aromatic heterocycles. The van der Waals surface area contributed by atoms with Gasteiger partial charge in [-0.3, -0.25) is 0 Å². The van der Waals surface area contributed by atoms with Gasteiger partial charge in [-0.25, -0.2) is 8.42 Å². The SMILES string of the molecule is Nc1ccc(C(I)(I)S(=O)(=O)C(I)(I)c2ccc(N)cc2)cc1. The number of nitrogens with two attached hydrogens (primary N) is 2. The van der Waals surface area contributed by atoms with Crippen LogP contribution in [0.5, 0.6) is 0 Å². The summed E-state index contributed by atoms with van der Waals surface area (Å²) >= 11 is 7.91. The summed E-state index contributed by atoms with van der Waals surface area (Å²) in [6.07, 6.45) is 0. The lowest BCUT2D eigenvalue weighted by molar-refractivity contribution is 0.592. The predicted molar refractivity (Wildman–Crippen MR) is 130 cm³/mol. The maximum Gasteiger partial charge on any atom is 0.207 e. The van der Waals surface area contributed by atoms with E-state index in [2.05, 4.69) is 0 Å². The molecule has 0 radical (unpaired) electrons. The zero-order valence-corrected chi connectivity index (χ0v) is 21.0. The van der Waals surface area contributed by atoms with Crippen molar-refractivity contribution >= 4 is 112 Å². The third-order valence-electron chi connectivity index (χ3n) is 3.17. The number of benzene rings is 2. The lowest BCUT2D eigenvalue weighted by Crippen LogP contribution is -2.34. The van der Waals surface area contributed by atoms with Crippen LogP contribution in [0.25, 0.3) is 0 Å².